The van der Waals surface area contributed by atoms with Crippen molar-refractivity contribution in [2.75, 3.05) is 25.3 Å². The van der Waals surface area contributed by atoms with Crippen LogP contribution in [0.25, 0.3) is 11.1 Å². The number of rotatable bonds is 7. The van der Waals surface area contributed by atoms with Crippen molar-refractivity contribution < 1.29 is 23.5 Å². The molecule has 0 aliphatic heterocycles. The van der Waals surface area contributed by atoms with E-state index in [1.165, 1.54) is 38.5 Å². The van der Waals surface area contributed by atoms with Gasteiger partial charge >= 0.3 is 7.60 Å². The van der Waals surface area contributed by atoms with Gasteiger partial charge in [0.2, 0.25) is 0 Å². The number of hydrogen-bond donors (Lipinski definition) is 3. The predicted molar refractivity (Wildman–Crippen MR) is 115 cm³/mol. The summed E-state index contributed by atoms with van der Waals surface area (Å²) < 4.78 is 21.9. The van der Waals surface area contributed by atoms with E-state index in [-0.39, 0.29) is 5.91 Å². The monoisotopic (exact) mass is 432 g/mol. The van der Waals surface area contributed by atoms with Gasteiger partial charge < -0.3 is 25.2 Å². The van der Waals surface area contributed by atoms with Crippen LogP contribution in [0.4, 0.5) is 11.4 Å². The van der Waals surface area contributed by atoms with Crippen molar-refractivity contribution >= 4 is 36.2 Å². The third kappa shape index (κ3) is 4.58. The molecular formula is C20H21N2O5PS. The molecule has 0 saturated carbocycles. The van der Waals surface area contributed by atoms with Crippen molar-refractivity contribution in [1.82, 2.24) is 0 Å². The van der Waals surface area contributed by atoms with Gasteiger partial charge in [-0.15, -0.1) is 0 Å². The third-order valence-corrected chi connectivity index (χ3v) is 7.03. The van der Waals surface area contributed by atoms with Crippen molar-refractivity contribution in [2.24, 2.45) is 0 Å². The van der Waals surface area contributed by atoms with Crippen LogP contribution in [0, 0.1) is 0 Å². The lowest BCUT2D eigenvalue weighted by Gasteiger charge is -2.20. The molecule has 29 heavy (non-hydrogen) atoms. The molecule has 1 heterocycles. The number of aliphatic hydroxyl groups excluding tert-OH is 1. The molecule has 1 atom stereocenters. The van der Waals surface area contributed by atoms with Gasteiger partial charge in [-0.05, 0) is 57.8 Å². The summed E-state index contributed by atoms with van der Waals surface area (Å²) in [4.78, 5) is 12.6. The predicted octanol–water partition coefficient (Wildman–Crippen LogP) is 4.73. The van der Waals surface area contributed by atoms with Crippen LogP contribution in [-0.4, -0.2) is 25.2 Å². The van der Waals surface area contributed by atoms with Crippen molar-refractivity contribution in [3.8, 4) is 11.1 Å². The highest BCUT2D eigenvalue weighted by atomic mass is 32.1. The van der Waals surface area contributed by atoms with Crippen molar-refractivity contribution in [3.63, 3.8) is 0 Å². The molecule has 0 radical (unpaired) electrons. The normalized spacial score (nSPS) is 12.5. The molecule has 1 aromatic heterocycles. The zero-order chi connectivity index (χ0) is 21.0. The maximum atomic E-state index is 12.6. The Morgan fingerprint density at radius 1 is 1.10 bits per heavy atom. The molecule has 4 N–H and O–H groups in total. The van der Waals surface area contributed by atoms with Crippen LogP contribution < -0.4 is 11.1 Å². The Morgan fingerprint density at radius 3 is 2.38 bits per heavy atom. The molecule has 3 aromatic rings. The molecule has 1 amide bonds. The number of thiophene rings is 1. The van der Waals surface area contributed by atoms with Crippen LogP contribution in [0.15, 0.2) is 59.3 Å². The minimum atomic E-state index is -3.68. The van der Waals surface area contributed by atoms with Gasteiger partial charge in [0.05, 0.1) is 11.4 Å². The number of benzene rings is 2. The zero-order valence-electron chi connectivity index (χ0n) is 15.9. The average Bonchev–Trinajstić information content (AvgIpc) is 3.29. The SMILES string of the molecule is COP(=O)(OC)C(O)c1ccc(C(=O)Nc2cc(-c3ccsc3)ccc2N)cc1. The number of hydrogen-bond acceptors (Lipinski definition) is 7. The zero-order valence-corrected chi connectivity index (χ0v) is 17.6. The number of aliphatic hydroxyl groups is 1. The maximum absolute atomic E-state index is 12.6. The van der Waals surface area contributed by atoms with Gasteiger partial charge in [-0.2, -0.15) is 11.3 Å². The number of anilines is 2. The number of amides is 1. The maximum Gasteiger partial charge on any atom is 0.362 e. The summed E-state index contributed by atoms with van der Waals surface area (Å²) >= 11 is 1.59. The summed E-state index contributed by atoms with van der Waals surface area (Å²) in [6, 6.07) is 13.5. The Morgan fingerprint density at radius 2 is 1.79 bits per heavy atom. The molecule has 152 valence electrons. The van der Waals surface area contributed by atoms with E-state index >= 15 is 0 Å². The molecule has 0 saturated heterocycles. The number of carbonyl (C=O) groups is 1. The molecule has 0 aliphatic rings. The molecule has 2 aromatic carbocycles. The molecule has 9 heteroatoms. The smallest absolute Gasteiger partial charge is 0.362 e. The Kier molecular flexibility index (Phi) is 6.52. The van der Waals surface area contributed by atoms with Crippen LogP contribution in [0.5, 0.6) is 0 Å². The van der Waals surface area contributed by atoms with Gasteiger partial charge in [-0.25, -0.2) is 0 Å². The second kappa shape index (κ2) is 8.90. The molecule has 0 aliphatic carbocycles. The summed E-state index contributed by atoms with van der Waals surface area (Å²) in [5.41, 5.74) is 9.62. The standard InChI is InChI=1S/C20H21N2O5PS/c1-26-28(25,27-2)20(24)14-5-3-13(4-6-14)19(23)22-18-11-15(7-8-17(18)21)16-9-10-29-12-16/h3-12,20,24H,21H2,1-2H3,(H,22,23). The van der Waals surface area contributed by atoms with Crippen molar-refractivity contribution in [1.29, 1.82) is 0 Å². The average molecular weight is 432 g/mol. The first-order chi connectivity index (χ1) is 13.9. The highest BCUT2D eigenvalue weighted by molar-refractivity contribution is 7.54. The fraction of sp³-hybridized carbons (Fsp3) is 0.150. The van der Waals surface area contributed by atoms with Gasteiger partial charge in [0, 0.05) is 19.8 Å². The molecular weight excluding hydrogens is 411 g/mol. The van der Waals surface area contributed by atoms with E-state index in [9.17, 15) is 14.5 Å². The van der Waals surface area contributed by atoms with E-state index in [1.54, 1.807) is 17.4 Å². The minimum Gasteiger partial charge on any atom is -0.397 e. The topological polar surface area (TPSA) is 111 Å². The summed E-state index contributed by atoms with van der Waals surface area (Å²) in [6.45, 7) is 0. The number of nitrogens with two attached hydrogens (primary N) is 1. The molecule has 7 nitrogen and oxygen atoms in total. The second-order valence-electron chi connectivity index (χ2n) is 6.17. The summed E-state index contributed by atoms with van der Waals surface area (Å²) in [5, 5.41) is 17.0. The van der Waals surface area contributed by atoms with Gasteiger partial charge in [-0.3, -0.25) is 9.36 Å². The van der Waals surface area contributed by atoms with Gasteiger partial charge in [0.1, 0.15) is 0 Å². The van der Waals surface area contributed by atoms with E-state index in [2.05, 4.69) is 5.32 Å². The van der Waals surface area contributed by atoms with E-state index in [4.69, 9.17) is 14.8 Å². The molecule has 0 fully saturated rings. The fourth-order valence-corrected chi connectivity index (χ4v) is 4.48. The number of nitrogens with one attached hydrogen (secondary N) is 1. The van der Waals surface area contributed by atoms with Gasteiger partial charge in [-0.1, -0.05) is 18.2 Å². The molecule has 0 spiro atoms. The van der Waals surface area contributed by atoms with Gasteiger partial charge in [0.15, 0.2) is 5.85 Å². The van der Waals surface area contributed by atoms with Crippen LogP contribution in [-0.2, 0) is 13.6 Å². The Bertz CT molecular complexity index is 1030. The lowest BCUT2D eigenvalue weighted by Crippen LogP contribution is -2.13. The van der Waals surface area contributed by atoms with E-state index in [0.29, 0.717) is 22.5 Å². The van der Waals surface area contributed by atoms with Gasteiger partial charge in [0.25, 0.3) is 5.91 Å². The largest absolute Gasteiger partial charge is 0.397 e. The summed E-state index contributed by atoms with van der Waals surface area (Å²) in [6.07, 6.45) is 0. The minimum absolute atomic E-state index is 0.313. The molecule has 0 bridgehead atoms. The lowest BCUT2D eigenvalue weighted by molar-refractivity contribution is 0.102. The lowest BCUT2D eigenvalue weighted by atomic mass is 10.1. The highest BCUT2D eigenvalue weighted by Gasteiger charge is 2.33. The quantitative estimate of drug-likeness (QED) is 0.368. The molecule has 3 rings (SSSR count). The van der Waals surface area contributed by atoms with Crippen LogP contribution in [0.3, 0.4) is 0 Å². The van der Waals surface area contributed by atoms with Crippen LogP contribution >= 0.6 is 18.9 Å². The highest BCUT2D eigenvalue weighted by Crippen LogP contribution is 2.58. The molecule has 1 unspecified atom stereocenters. The fourth-order valence-electron chi connectivity index (χ4n) is 2.73. The first kappa shape index (κ1) is 21.2. The van der Waals surface area contributed by atoms with E-state index < -0.39 is 13.4 Å². The Balaban J connectivity index is 1.78. The van der Waals surface area contributed by atoms with Crippen molar-refractivity contribution in [2.45, 2.75) is 5.85 Å². The third-order valence-electron chi connectivity index (χ3n) is 4.44. The van der Waals surface area contributed by atoms with Crippen LogP contribution in [0.2, 0.25) is 0 Å². The Hall–Kier alpha value is -2.48. The second-order valence-corrected chi connectivity index (χ2v) is 9.25. The van der Waals surface area contributed by atoms with E-state index in [1.807, 2.05) is 29.0 Å². The van der Waals surface area contributed by atoms with E-state index in [0.717, 1.165) is 11.1 Å². The van der Waals surface area contributed by atoms with Crippen molar-refractivity contribution in [3.05, 3.63) is 70.4 Å². The first-order valence-electron chi connectivity index (χ1n) is 8.60. The number of carbonyl (C=O) groups excluding carboxylic acids is 1. The van der Waals surface area contributed by atoms with Crippen LogP contribution in [0.1, 0.15) is 21.8 Å². The number of nitrogen functional groups attached to an aromatic ring is 1. The Labute approximate surface area is 172 Å². The summed E-state index contributed by atoms with van der Waals surface area (Å²) in [5.74, 6) is -1.81. The first-order valence-corrected chi connectivity index (χ1v) is 11.2. The summed E-state index contributed by atoms with van der Waals surface area (Å²) in [7, 11) is -1.29.